The van der Waals surface area contributed by atoms with Gasteiger partial charge in [0.25, 0.3) is 7.82 Å². The van der Waals surface area contributed by atoms with Crippen molar-refractivity contribution >= 4 is 19.8 Å². The SMILES string of the molecule is CC/C=C\C/C=C\C/C=C\CCCCCC(=O)OC(COC(=O)CCCCCCCCCCCCC)COP(=O)([O-])OCC[N+](C)(C)C. The van der Waals surface area contributed by atoms with Gasteiger partial charge in [0.2, 0.25) is 0 Å². The highest BCUT2D eigenvalue weighted by atomic mass is 31.2. The molecule has 0 fully saturated rings. The van der Waals surface area contributed by atoms with Crippen molar-refractivity contribution in [2.75, 3.05) is 47.5 Å². The van der Waals surface area contributed by atoms with Gasteiger partial charge in [-0.1, -0.05) is 121 Å². The molecule has 2 atom stereocenters. The van der Waals surface area contributed by atoms with Crippen LogP contribution in [0.1, 0.15) is 142 Å². The predicted molar refractivity (Wildman–Crippen MR) is 194 cm³/mol. The Morgan fingerprint density at radius 2 is 1.19 bits per heavy atom. The van der Waals surface area contributed by atoms with E-state index < -0.39 is 32.5 Å². The van der Waals surface area contributed by atoms with Gasteiger partial charge in [-0.05, 0) is 44.9 Å². The molecule has 280 valence electrons. The van der Waals surface area contributed by atoms with Crippen molar-refractivity contribution in [1.82, 2.24) is 0 Å². The number of carbonyl (C=O) groups excluding carboxylic acids is 2. The Morgan fingerprint density at radius 1 is 0.667 bits per heavy atom. The van der Waals surface area contributed by atoms with Crippen LogP contribution in [0.15, 0.2) is 36.5 Å². The molecule has 9 nitrogen and oxygen atoms in total. The molecule has 0 radical (unpaired) electrons. The van der Waals surface area contributed by atoms with Crippen LogP contribution in [0.3, 0.4) is 0 Å². The second-order valence-corrected chi connectivity index (χ2v) is 15.0. The molecule has 0 rings (SSSR count). The van der Waals surface area contributed by atoms with Gasteiger partial charge < -0.3 is 27.9 Å². The Hall–Kier alpha value is -1.77. The van der Waals surface area contributed by atoms with Crippen LogP contribution in [-0.4, -0.2) is 70.0 Å². The maximum Gasteiger partial charge on any atom is 0.306 e. The Bertz CT molecular complexity index is 928. The first-order valence-electron chi connectivity index (χ1n) is 18.7. The number of hydrogen-bond donors (Lipinski definition) is 0. The fraction of sp³-hybridized carbons (Fsp3) is 0.789. The number of unbranched alkanes of at least 4 members (excludes halogenated alkanes) is 13. The minimum Gasteiger partial charge on any atom is -0.756 e. The molecule has 0 bridgehead atoms. The van der Waals surface area contributed by atoms with Gasteiger partial charge in [-0.25, -0.2) is 0 Å². The summed E-state index contributed by atoms with van der Waals surface area (Å²) in [5, 5.41) is 0. The van der Waals surface area contributed by atoms with E-state index >= 15 is 0 Å². The monoisotopic (exact) mass is 699 g/mol. The van der Waals surface area contributed by atoms with Gasteiger partial charge in [0.15, 0.2) is 6.10 Å². The molecule has 0 aromatic rings. The Morgan fingerprint density at radius 3 is 1.77 bits per heavy atom. The lowest BCUT2D eigenvalue weighted by atomic mass is 10.1. The summed E-state index contributed by atoms with van der Waals surface area (Å²) in [6.45, 7) is 4.04. The summed E-state index contributed by atoms with van der Waals surface area (Å²) in [5.41, 5.74) is 0. The summed E-state index contributed by atoms with van der Waals surface area (Å²) in [7, 11) is 1.14. The van der Waals surface area contributed by atoms with Gasteiger partial charge in [-0.15, -0.1) is 0 Å². The summed E-state index contributed by atoms with van der Waals surface area (Å²) in [4.78, 5) is 37.2. The quantitative estimate of drug-likeness (QED) is 0.0219. The van der Waals surface area contributed by atoms with Gasteiger partial charge in [-0.3, -0.25) is 14.2 Å². The summed E-state index contributed by atoms with van der Waals surface area (Å²) in [6.07, 6.45) is 31.8. The normalized spacial score (nSPS) is 14.2. The lowest BCUT2D eigenvalue weighted by molar-refractivity contribution is -0.870. The van der Waals surface area contributed by atoms with Crippen LogP contribution in [-0.2, 0) is 32.7 Å². The number of likely N-dealkylation sites (N-methyl/N-ethyl adjacent to an activating group) is 1. The number of ether oxygens (including phenoxy) is 2. The fourth-order valence-electron chi connectivity index (χ4n) is 4.73. The molecule has 0 amide bonds. The molecule has 48 heavy (non-hydrogen) atoms. The topological polar surface area (TPSA) is 111 Å². The van der Waals surface area contributed by atoms with Crippen molar-refractivity contribution in [2.45, 2.75) is 148 Å². The Kier molecular flexibility index (Phi) is 30.1. The maximum absolute atomic E-state index is 12.6. The predicted octanol–water partition coefficient (Wildman–Crippen LogP) is 9.16. The van der Waals surface area contributed by atoms with Gasteiger partial charge >= 0.3 is 11.9 Å². The Labute approximate surface area is 293 Å². The fourth-order valence-corrected chi connectivity index (χ4v) is 5.45. The van der Waals surface area contributed by atoms with Crippen LogP contribution in [0.2, 0.25) is 0 Å². The number of hydrogen-bond acceptors (Lipinski definition) is 8. The van der Waals surface area contributed by atoms with E-state index in [0.717, 1.165) is 57.8 Å². The first-order valence-corrected chi connectivity index (χ1v) is 20.2. The number of rotatable bonds is 33. The van der Waals surface area contributed by atoms with Crippen molar-refractivity contribution in [1.29, 1.82) is 0 Å². The molecule has 0 aliphatic carbocycles. The van der Waals surface area contributed by atoms with Crippen molar-refractivity contribution in [3.8, 4) is 0 Å². The molecule has 0 aromatic heterocycles. The molecule has 0 spiro atoms. The summed E-state index contributed by atoms with van der Waals surface area (Å²) in [6, 6.07) is 0. The van der Waals surface area contributed by atoms with E-state index in [9.17, 15) is 19.0 Å². The van der Waals surface area contributed by atoms with E-state index in [1.807, 2.05) is 21.1 Å². The number of phosphoric ester groups is 1. The average molecular weight is 700 g/mol. The second-order valence-electron chi connectivity index (χ2n) is 13.6. The van der Waals surface area contributed by atoms with E-state index in [1.54, 1.807) is 0 Å². The number of nitrogens with zero attached hydrogens (tertiary/aromatic N) is 1. The van der Waals surface area contributed by atoms with Crippen LogP contribution in [0.25, 0.3) is 0 Å². The smallest absolute Gasteiger partial charge is 0.306 e. The molecule has 0 aromatic carbocycles. The molecule has 0 aliphatic heterocycles. The zero-order valence-corrected chi connectivity index (χ0v) is 32.1. The average Bonchev–Trinajstić information content (AvgIpc) is 3.02. The van der Waals surface area contributed by atoms with Gasteiger partial charge in [0.1, 0.15) is 19.8 Å². The molecule has 0 heterocycles. The van der Waals surface area contributed by atoms with E-state index in [-0.39, 0.29) is 26.1 Å². The third-order valence-corrected chi connectivity index (χ3v) is 8.64. The van der Waals surface area contributed by atoms with Gasteiger partial charge in [-0.2, -0.15) is 0 Å². The number of quaternary nitrogens is 1. The van der Waals surface area contributed by atoms with Crippen molar-refractivity contribution in [3.63, 3.8) is 0 Å². The molecule has 2 unspecified atom stereocenters. The maximum atomic E-state index is 12.6. The van der Waals surface area contributed by atoms with E-state index in [2.05, 4.69) is 50.3 Å². The van der Waals surface area contributed by atoms with Crippen molar-refractivity contribution < 1.29 is 42.1 Å². The number of allylic oxidation sites excluding steroid dienone is 6. The molecule has 0 N–H and O–H groups in total. The van der Waals surface area contributed by atoms with E-state index in [0.29, 0.717) is 17.4 Å². The zero-order valence-electron chi connectivity index (χ0n) is 31.2. The highest BCUT2D eigenvalue weighted by Crippen LogP contribution is 2.38. The van der Waals surface area contributed by atoms with Crippen molar-refractivity contribution in [2.24, 2.45) is 0 Å². The summed E-state index contributed by atoms with van der Waals surface area (Å²) in [5.74, 6) is -0.872. The molecule has 10 heteroatoms. The van der Waals surface area contributed by atoms with Crippen LogP contribution < -0.4 is 4.89 Å². The largest absolute Gasteiger partial charge is 0.756 e. The number of esters is 2. The first-order chi connectivity index (χ1) is 23.0. The Balaban J connectivity index is 4.51. The van der Waals surface area contributed by atoms with Crippen LogP contribution in [0.5, 0.6) is 0 Å². The van der Waals surface area contributed by atoms with E-state index in [4.69, 9.17) is 18.5 Å². The first kappa shape index (κ1) is 46.2. The minimum absolute atomic E-state index is 0.0365. The van der Waals surface area contributed by atoms with Crippen LogP contribution >= 0.6 is 7.82 Å². The molecule has 0 saturated heterocycles. The van der Waals surface area contributed by atoms with Crippen LogP contribution in [0, 0.1) is 0 Å². The molecule has 0 saturated carbocycles. The van der Waals surface area contributed by atoms with Gasteiger partial charge in [0.05, 0.1) is 27.7 Å². The van der Waals surface area contributed by atoms with Crippen molar-refractivity contribution in [3.05, 3.63) is 36.5 Å². The highest BCUT2D eigenvalue weighted by Gasteiger charge is 2.21. The number of carbonyl (C=O) groups is 2. The second kappa shape index (κ2) is 31.2. The zero-order chi connectivity index (χ0) is 35.8. The molecular weight excluding hydrogens is 629 g/mol. The highest BCUT2D eigenvalue weighted by molar-refractivity contribution is 7.45. The summed E-state index contributed by atoms with van der Waals surface area (Å²) >= 11 is 0. The lowest BCUT2D eigenvalue weighted by Crippen LogP contribution is -2.37. The molecular formula is C38H70NO8P. The number of phosphoric acid groups is 1. The van der Waals surface area contributed by atoms with Gasteiger partial charge in [0, 0.05) is 12.8 Å². The standard InChI is InChI=1S/C38H70NO8P/c1-6-8-10-12-14-16-18-19-21-23-25-27-29-31-38(41)47-36(35-46-48(42,43)45-33-32-39(3,4)5)34-44-37(40)30-28-26-24-22-20-17-15-13-11-9-7-2/h8,10,14,16,19,21,36H,6-7,9,11-13,15,17-18,20,22-35H2,1-5H3/b10-8-,16-14-,21-19-. The third-order valence-electron chi connectivity index (χ3n) is 7.67. The summed E-state index contributed by atoms with van der Waals surface area (Å²) < 4.78 is 33.7. The third kappa shape index (κ3) is 34.1. The van der Waals surface area contributed by atoms with Crippen LogP contribution in [0.4, 0.5) is 0 Å². The van der Waals surface area contributed by atoms with E-state index in [1.165, 1.54) is 51.4 Å². The lowest BCUT2D eigenvalue weighted by Gasteiger charge is -2.28. The minimum atomic E-state index is -4.62. The molecule has 0 aliphatic rings.